The van der Waals surface area contributed by atoms with Crippen molar-refractivity contribution in [3.05, 3.63) is 0 Å². The average molecular weight is 175 g/mol. The second-order valence-corrected chi connectivity index (χ2v) is 1.86. The van der Waals surface area contributed by atoms with Crippen molar-refractivity contribution in [3.63, 3.8) is 0 Å². The number of rotatable bonds is 3. The molecule has 0 spiro atoms. The molecule has 4 heteroatoms. The number of nitrogens with two attached hydrogens (primary N) is 1. The van der Waals surface area contributed by atoms with Crippen LogP contribution < -0.4 is 11.3 Å². The highest BCUT2D eigenvalue weighted by molar-refractivity contribution is 5.85. The maximum Gasteiger partial charge on any atom is 0.0182 e. The van der Waals surface area contributed by atoms with Crippen molar-refractivity contribution in [1.29, 1.82) is 0 Å². The Bertz CT molecular complexity index is 43.9. The summed E-state index contributed by atoms with van der Waals surface area (Å²) in [5.41, 5.74) is 2.67. The number of halogens is 2. The van der Waals surface area contributed by atoms with Crippen LogP contribution in [0.4, 0.5) is 0 Å². The molecule has 1 unspecified atom stereocenters. The lowest BCUT2D eigenvalue weighted by molar-refractivity contribution is 0.525. The molecule has 3 N–H and O–H groups in total. The molecule has 0 rings (SSSR count). The van der Waals surface area contributed by atoms with E-state index in [1.807, 2.05) is 0 Å². The van der Waals surface area contributed by atoms with E-state index in [0.717, 1.165) is 6.42 Å². The zero-order valence-electron chi connectivity index (χ0n) is 5.89. The third-order valence-corrected chi connectivity index (χ3v) is 1.01. The van der Waals surface area contributed by atoms with Gasteiger partial charge in [0.1, 0.15) is 0 Å². The highest BCUT2D eigenvalue weighted by Crippen LogP contribution is 1.90. The van der Waals surface area contributed by atoms with Gasteiger partial charge in [0.25, 0.3) is 0 Å². The fourth-order valence-corrected chi connectivity index (χ4v) is 0.516. The van der Waals surface area contributed by atoms with Gasteiger partial charge in [-0.05, 0) is 13.3 Å². The van der Waals surface area contributed by atoms with E-state index < -0.39 is 0 Å². The Morgan fingerprint density at radius 2 is 1.89 bits per heavy atom. The molecule has 9 heavy (non-hydrogen) atoms. The molecule has 2 nitrogen and oxygen atoms in total. The fourth-order valence-electron chi connectivity index (χ4n) is 0.516. The molecule has 0 radical (unpaired) electrons. The molecular formula is C5H16Cl2N2. The van der Waals surface area contributed by atoms with Crippen molar-refractivity contribution in [3.8, 4) is 0 Å². The third-order valence-electron chi connectivity index (χ3n) is 1.01. The van der Waals surface area contributed by atoms with Crippen molar-refractivity contribution in [1.82, 2.24) is 5.43 Å². The Balaban J connectivity index is -0.000000180. The van der Waals surface area contributed by atoms with E-state index in [4.69, 9.17) is 5.84 Å². The van der Waals surface area contributed by atoms with E-state index >= 15 is 0 Å². The van der Waals surface area contributed by atoms with Gasteiger partial charge in [-0.1, -0.05) is 13.3 Å². The SMILES string of the molecule is CCCC(C)NN.Cl.Cl. The van der Waals surface area contributed by atoms with Crippen LogP contribution >= 0.6 is 24.8 Å². The largest absolute Gasteiger partial charge is 0.271 e. The van der Waals surface area contributed by atoms with E-state index in [1.165, 1.54) is 6.42 Å². The van der Waals surface area contributed by atoms with Gasteiger partial charge in [-0.2, -0.15) is 0 Å². The second kappa shape index (κ2) is 11.3. The monoisotopic (exact) mass is 174 g/mol. The Hall–Kier alpha value is 0.500. The molecule has 0 fully saturated rings. The van der Waals surface area contributed by atoms with Crippen LogP contribution in [0, 0.1) is 0 Å². The summed E-state index contributed by atoms with van der Waals surface area (Å²) in [6, 6.07) is 0.477. The Morgan fingerprint density at radius 3 is 2.00 bits per heavy atom. The lowest BCUT2D eigenvalue weighted by Crippen LogP contribution is -2.32. The van der Waals surface area contributed by atoms with Gasteiger partial charge in [0.05, 0.1) is 0 Å². The summed E-state index contributed by atoms with van der Waals surface area (Å²) < 4.78 is 0. The topological polar surface area (TPSA) is 38.0 Å². The van der Waals surface area contributed by atoms with Gasteiger partial charge in [0, 0.05) is 6.04 Å². The van der Waals surface area contributed by atoms with Gasteiger partial charge < -0.3 is 0 Å². The first-order valence-corrected chi connectivity index (χ1v) is 2.77. The quantitative estimate of drug-likeness (QED) is 0.503. The van der Waals surface area contributed by atoms with Gasteiger partial charge in [0.15, 0.2) is 0 Å². The third kappa shape index (κ3) is 11.9. The maximum absolute atomic E-state index is 5.11. The van der Waals surface area contributed by atoms with E-state index in [9.17, 15) is 0 Å². The Morgan fingerprint density at radius 1 is 1.44 bits per heavy atom. The summed E-state index contributed by atoms with van der Waals surface area (Å²) in [4.78, 5) is 0. The van der Waals surface area contributed by atoms with Gasteiger partial charge in [-0.3, -0.25) is 11.3 Å². The lowest BCUT2D eigenvalue weighted by Gasteiger charge is -2.05. The number of hydrazine groups is 1. The number of hydrogen-bond acceptors (Lipinski definition) is 2. The molecule has 0 aliphatic heterocycles. The molecule has 0 saturated carbocycles. The van der Waals surface area contributed by atoms with Crippen molar-refractivity contribution in [2.75, 3.05) is 0 Å². The molecule has 0 heterocycles. The predicted molar refractivity (Wildman–Crippen MR) is 46.2 cm³/mol. The minimum Gasteiger partial charge on any atom is -0.271 e. The number of nitrogens with one attached hydrogen (secondary N) is 1. The summed E-state index contributed by atoms with van der Waals surface area (Å²) in [7, 11) is 0. The first-order valence-electron chi connectivity index (χ1n) is 2.77. The highest BCUT2D eigenvalue weighted by Gasteiger charge is 1.91. The predicted octanol–water partition coefficient (Wildman–Crippen LogP) is 1.48. The summed E-state index contributed by atoms with van der Waals surface area (Å²) in [5, 5.41) is 0. The zero-order chi connectivity index (χ0) is 5.70. The van der Waals surface area contributed by atoms with Crippen LogP contribution in [0.3, 0.4) is 0 Å². The number of hydrogen-bond donors (Lipinski definition) is 2. The molecule has 0 aromatic carbocycles. The fraction of sp³-hybridized carbons (Fsp3) is 1.00. The first kappa shape index (κ1) is 16.2. The molecular weight excluding hydrogens is 159 g/mol. The van der Waals surface area contributed by atoms with Crippen LogP contribution in [-0.2, 0) is 0 Å². The standard InChI is InChI=1S/C5H14N2.2ClH/c1-3-4-5(2)7-6;;/h5,7H,3-4,6H2,1-2H3;2*1H. The van der Waals surface area contributed by atoms with Crippen molar-refractivity contribution >= 4 is 24.8 Å². The van der Waals surface area contributed by atoms with E-state index in [2.05, 4.69) is 19.3 Å². The minimum absolute atomic E-state index is 0. The maximum atomic E-state index is 5.11. The molecule has 60 valence electrons. The van der Waals surface area contributed by atoms with Crippen LogP contribution in [0.15, 0.2) is 0 Å². The first-order chi connectivity index (χ1) is 3.31. The molecule has 0 saturated heterocycles. The molecule has 0 aliphatic rings. The molecule has 0 aromatic heterocycles. The van der Waals surface area contributed by atoms with Gasteiger partial charge >= 0.3 is 0 Å². The van der Waals surface area contributed by atoms with E-state index in [-0.39, 0.29) is 24.8 Å². The van der Waals surface area contributed by atoms with Crippen LogP contribution in [0.5, 0.6) is 0 Å². The summed E-state index contributed by atoms with van der Waals surface area (Å²) in [6.07, 6.45) is 2.36. The van der Waals surface area contributed by atoms with E-state index in [1.54, 1.807) is 0 Å². The van der Waals surface area contributed by atoms with Gasteiger partial charge in [0.2, 0.25) is 0 Å². The van der Waals surface area contributed by atoms with Crippen LogP contribution in [0.2, 0.25) is 0 Å². The summed E-state index contributed by atoms with van der Waals surface area (Å²) in [6.45, 7) is 4.22. The summed E-state index contributed by atoms with van der Waals surface area (Å²) >= 11 is 0. The van der Waals surface area contributed by atoms with Crippen molar-refractivity contribution < 1.29 is 0 Å². The normalized spacial score (nSPS) is 11.0. The van der Waals surface area contributed by atoms with Crippen LogP contribution in [0.25, 0.3) is 0 Å². The molecule has 0 bridgehead atoms. The average Bonchev–Trinajstić information content (AvgIpc) is 1.68. The second-order valence-electron chi connectivity index (χ2n) is 1.86. The van der Waals surface area contributed by atoms with Crippen LogP contribution in [-0.4, -0.2) is 6.04 Å². The van der Waals surface area contributed by atoms with Gasteiger partial charge in [-0.25, -0.2) is 0 Å². The van der Waals surface area contributed by atoms with Gasteiger partial charge in [-0.15, -0.1) is 24.8 Å². The van der Waals surface area contributed by atoms with Crippen molar-refractivity contribution in [2.24, 2.45) is 5.84 Å². The highest BCUT2D eigenvalue weighted by atomic mass is 35.5. The molecule has 0 aromatic rings. The smallest absolute Gasteiger partial charge is 0.0182 e. The van der Waals surface area contributed by atoms with E-state index in [0.29, 0.717) is 6.04 Å². The molecule has 0 aliphatic carbocycles. The molecule has 0 amide bonds. The Labute approximate surface area is 69.4 Å². The van der Waals surface area contributed by atoms with Crippen molar-refractivity contribution in [2.45, 2.75) is 32.7 Å². The zero-order valence-corrected chi connectivity index (χ0v) is 7.52. The summed E-state index contributed by atoms with van der Waals surface area (Å²) in [5.74, 6) is 5.11. The molecule has 1 atom stereocenters. The minimum atomic E-state index is 0. The van der Waals surface area contributed by atoms with Crippen LogP contribution in [0.1, 0.15) is 26.7 Å². The Kier molecular flexibility index (Phi) is 20.4. The lowest BCUT2D eigenvalue weighted by atomic mass is 10.2.